The molecule has 0 bridgehead atoms. The smallest absolute Gasteiger partial charge is 0.0122 e. The zero-order valence-electron chi connectivity index (χ0n) is 13.5. The van der Waals surface area contributed by atoms with Crippen molar-refractivity contribution in [3.05, 3.63) is 82.9 Å². The monoisotopic (exact) mass is 286 g/mol. The lowest BCUT2D eigenvalue weighted by molar-refractivity contribution is 0.564. The van der Waals surface area contributed by atoms with Crippen LogP contribution in [0.25, 0.3) is 10.8 Å². The molecule has 0 aliphatic heterocycles. The molecule has 3 aromatic carbocycles. The summed E-state index contributed by atoms with van der Waals surface area (Å²) in [5.74, 6) is 1.51. The van der Waals surface area contributed by atoms with Crippen LogP contribution >= 0.6 is 0 Å². The van der Waals surface area contributed by atoms with Crippen molar-refractivity contribution < 1.29 is 0 Å². The van der Waals surface area contributed by atoms with Crippen molar-refractivity contribution >= 4 is 10.8 Å². The molecular weight excluding hydrogens is 264 g/mol. The van der Waals surface area contributed by atoms with Gasteiger partial charge >= 0.3 is 0 Å². The number of fused-ring (bicyclic) bond motifs is 1. The van der Waals surface area contributed by atoms with Gasteiger partial charge in [-0.25, -0.2) is 0 Å². The van der Waals surface area contributed by atoms with Crippen molar-refractivity contribution in [2.75, 3.05) is 0 Å². The van der Waals surface area contributed by atoms with Gasteiger partial charge in [0, 0.05) is 11.8 Å². The van der Waals surface area contributed by atoms with Gasteiger partial charge in [-0.15, -0.1) is 0 Å². The highest BCUT2D eigenvalue weighted by Gasteiger charge is 2.29. The zero-order chi connectivity index (χ0) is 15.3. The fourth-order valence-corrected chi connectivity index (χ4v) is 4.26. The van der Waals surface area contributed by atoms with Crippen LogP contribution in [0, 0.1) is 5.92 Å². The van der Waals surface area contributed by atoms with Crippen molar-refractivity contribution in [3.8, 4) is 0 Å². The van der Waals surface area contributed by atoms with E-state index in [0.717, 1.165) is 0 Å². The second kappa shape index (κ2) is 4.98. The van der Waals surface area contributed by atoms with Crippen molar-refractivity contribution in [2.24, 2.45) is 5.92 Å². The molecule has 1 aliphatic carbocycles. The normalized spacial score (nSPS) is 20.0. The minimum atomic E-state index is 0.449. The summed E-state index contributed by atoms with van der Waals surface area (Å²) in [5.41, 5.74) is 5.97. The average molecular weight is 286 g/mol. The molecule has 3 aromatic rings. The third-order valence-corrected chi connectivity index (χ3v) is 5.23. The van der Waals surface area contributed by atoms with Crippen LogP contribution < -0.4 is 0 Å². The van der Waals surface area contributed by atoms with Crippen LogP contribution in [-0.2, 0) is 0 Å². The molecule has 0 aromatic heterocycles. The molecule has 1 aliphatic rings. The number of hydrogen-bond acceptors (Lipinski definition) is 0. The first-order valence-electron chi connectivity index (χ1n) is 8.29. The van der Waals surface area contributed by atoms with Crippen molar-refractivity contribution in [3.63, 3.8) is 0 Å². The molecule has 4 rings (SSSR count). The Balaban J connectivity index is 2.17. The molecule has 0 N–H and O–H groups in total. The molecule has 0 saturated carbocycles. The molecule has 0 heteroatoms. The Morgan fingerprint density at radius 1 is 0.682 bits per heavy atom. The molecule has 2 unspecified atom stereocenters. The van der Waals surface area contributed by atoms with Gasteiger partial charge in [-0.05, 0) is 38.9 Å². The first-order chi connectivity index (χ1) is 10.7. The molecule has 0 spiro atoms. The van der Waals surface area contributed by atoms with Gasteiger partial charge in [0.25, 0.3) is 0 Å². The Kier molecular flexibility index (Phi) is 3.07. The fraction of sp³-hybridized carbons (Fsp3) is 0.273. The summed E-state index contributed by atoms with van der Waals surface area (Å²) >= 11 is 0. The van der Waals surface area contributed by atoms with Crippen molar-refractivity contribution in [2.45, 2.75) is 32.6 Å². The predicted octanol–water partition coefficient (Wildman–Crippen LogP) is 6.09. The van der Waals surface area contributed by atoms with Crippen LogP contribution in [-0.4, -0.2) is 0 Å². The van der Waals surface area contributed by atoms with Crippen LogP contribution in [0.2, 0.25) is 0 Å². The Morgan fingerprint density at radius 3 is 1.95 bits per heavy atom. The average Bonchev–Trinajstić information content (AvgIpc) is 2.64. The van der Waals surface area contributed by atoms with E-state index in [2.05, 4.69) is 81.4 Å². The van der Waals surface area contributed by atoms with E-state index in [1.807, 2.05) is 0 Å². The lowest BCUT2D eigenvalue weighted by Gasteiger charge is -2.24. The van der Waals surface area contributed by atoms with E-state index >= 15 is 0 Å². The standard InChI is InChI=1S/C22H22/c1-14(2)21-19-11-5-4-10-17(19)15(3)18-12-6-8-16-9-7-13-20(21)22(16)18/h4-15,21H,1-3H3. The van der Waals surface area contributed by atoms with Gasteiger partial charge in [-0.3, -0.25) is 0 Å². The van der Waals surface area contributed by atoms with E-state index in [9.17, 15) is 0 Å². The Hall–Kier alpha value is -2.08. The Morgan fingerprint density at radius 2 is 1.27 bits per heavy atom. The van der Waals surface area contributed by atoms with Gasteiger partial charge in [0.2, 0.25) is 0 Å². The summed E-state index contributed by atoms with van der Waals surface area (Å²) in [6.07, 6.45) is 0. The second-order valence-corrected chi connectivity index (χ2v) is 6.86. The molecule has 0 saturated heterocycles. The number of benzene rings is 3. The number of hydrogen-bond donors (Lipinski definition) is 0. The van der Waals surface area contributed by atoms with Gasteiger partial charge in [-0.1, -0.05) is 81.4 Å². The third-order valence-electron chi connectivity index (χ3n) is 5.23. The van der Waals surface area contributed by atoms with Crippen LogP contribution in [0.1, 0.15) is 54.9 Å². The quantitative estimate of drug-likeness (QED) is 0.507. The summed E-state index contributed by atoms with van der Waals surface area (Å²) in [5, 5.41) is 2.85. The Labute approximate surface area is 132 Å². The summed E-state index contributed by atoms with van der Waals surface area (Å²) in [6.45, 7) is 7.05. The summed E-state index contributed by atoms with van der Waals surface area (Å²) < 4.78 is 0. The van der Waals surface area contributed by atoms with Crippen LogP contribution in [0.5, 0.6) is 0 Å². The summed E-state index contributed by atoms with van der Waals surface area (Å²) in [7, 11) is 0. The van der Waals surface area contributed by atoms with Crippen molar-refractivity contribution in [1.82, 2.24) is 0 Å². The van der Waals surface area contributed by atoms with E-state index in [0.29, 0.717) is 17.8 Å². The highest BCUT2D eigenvalue weighted by Crippen LogP contribution is 2.46. The molecule has 0 fully saturated rings. The van der Waals surface area contributed by atoms with Gasteiger partial charge in [0.1, 0.15) is 0 Å². The zero-order valence-corrected chi connectivity index (χ0v) is 13.5. The predicted molar refractivity (Wildman–Crippen MR) is 94.6 cm³/mol. The summed E-state index contributed by atoms with van der Waals surface area (Å²) in [4.78, 5) is 0. The van der Waals surface area contributed by atoms with Crippen molar-refractivity contribution in [1.29, 1.82) is 0 Å². The molecule has 0 heterocycles. The maximum Gasteiger partial charge on any atom is 0.0122 e. The SMILES string of the molecule is CC1c2ccccc2C(C(C)C)c2cccc3cccc1c23. The topological polar surface area (TPSA) is 0 Å². The van der Waals surface area contributed by atoms with Crippen LogP contribution in [0.3, 0.4) is 0 Å². The molecular formula is C22H22. The van der Waals surface area contributed by atoms with Gasteiger partial charge in [0.15, 0.2) is 0 Å². The van der Waals surface area contributed by atoms with E-state index in [1.54, 1.807) is 0 Å². The maximum absolute atomic E-state index is 2.35. The van der Waals surface area contributed by atoms with E-state index in [4.69, 9.17) is 0 Å². The first kappa shape index (κ1) is 13.6. The van der Waals surface area contributed by atoms with E-state index in [-0.39, 0.29) is 0 Å². The lowest BCUT2D eigenvalue weighted by Crippen LogP contribution is -2.10. The number of rotatable bonds is 1. The second-order valence-electron chi connectivity index (χ2n) is 6.86. The molecule has 22 heavy (non-hydrogen) atoms. The van der Waals surface area contributed by atoms with Gasteiger partial charge in [-0.2, -0.15) is 0 Å². The highest BCUT2D eigenvalue weighted by atomic mass is 14.3. The minimum Gasteiger partial charge on any atom is -0.0620 e. The molecule has 0 amide bonds. The first-order valence-corrected chi connectivity index (χ1v) is 8.29. The molecule has 0 radical (unpaired) electrons. The molecule has 0 nitrogen and oxygen atoms in total. The van der Waals surface area contributed by atoms with Crippen LogP contribution in [0.4, 0.5) is 0 Å². The summed E-state index contributed by atoms with van der Waals surface area (Å²) in [6, 6.07) is 22.6. The fourth-order valence-electron chi connectivity index (χ4n) is 4.26. The largest absolute Gasteiger partial charge is 0.0620 e. The minimum absolute atomic E-state index is 0.449. The maximum atomic E-state index is 2.35. The van der Waals surface area contributed by atoms with Gasteiger partial charge < -0.3 is 0 Å². The van der Waals surface area contributed by atoms with E-state index in [1.165, 1.54) is 33.0 Å². The Bertz CT molecular complexity index is 836. The lowest BCUT2D eigenvalue weighted by atomic mass is 9.80. The highest BCUT2D eigenvalue weighted by molar-refractivity contribution is 5.91. The third kappa shape index (κ3) is 1.83. The van der Waals surface area contributed by atoms with Crippen LogP contribution in [0.15, 0.2) is 60.7 Å². The molecule has 110 valence electrons. The van der Waals surface area contributed by atoms with Gasteiger partial charge in [0.05, 0.1) is 0 Å². The molecule has 2 atom stereocenters. The van der Waals surface area contributed by atoms with E-state index < -0.39 is 0 Å².